The van der Waals surface area contributed by atoms with Crippen LogP contribution in [0.2, 0.25) is 0 Å². The molecule has 110 valence electrons. The molecule has 1 aliphatic carbocycles. The average Bonchev–Trinajstić information content (AvgIpc) is 3.12. The number of amides is 1. The summed E-state index contributed by atoms with van der Waals surface area (Å²) in [7, 11) is 0. The Morgan fingerprint density at radius 1 is 1.36 bits per heavy atom. The molecule has 0 bridgehead atoms. The Balaban J connectivity index is 1.96. The van der Waals surface area contributed by atoms with Crippen molar-refractivity contribution in [1.29, 1.82) is 0 Å². The van der Waals surface area contributed by atoms with Crippen LogP contribution in [0, 0.1) is 0 Å². The topological polar surface area (TPSA) is 102 Å². The van der Waals surface area contributed by atoms with Crippen LogP contribution in [0.15, 0.2) is 30.7 Å². The maximum atomic E-state index is 11.3. The maximum Gasteiger partial charge on any atom is 0.223 e. The van der Waals surface area contributed by atoms with Crippen molar-refractivity contribution in [2.24, 2.45) is 5.73 Å². The van der Waals surface area contributed by atoms with Gasteiger partial charge >= 0.3 is 0 Å². The minimum atomic E-state index is -0.378. The second-order valence-electron chi connectivity index (χ2n) is 5.30. The lowest BCUT2D eigenvalue weighted by atomic mass is 9.93. The minimum Gasteiger partial charge on any atom is -0.369 e. The molecule has 0 radical (unpaired) electrons. The smallest absolute Gasteiger partial charge is 0.223 e. The number of aromatic nitrogens is 5. The predicted molar refractivity (Wildman–Crippen MR) is 79.2 cm³/mol. The van der Waals surface area contributed by atoms with Crippen LogP contribution >= 0.6 is 0 Å². The van der Waals surface area contributed by atoms with Crippen LogP contribution in [-0.4, -0.2) is 30.9 Å². The van der Waals surface area contributed by atoms with Gasteiger partial charge in [-0.1, -0.05) is 0 Å². The van der Waals surface area contributed by atoms with E-state index in [0.29, 0.717) is 0 Å². The zero-order valence-corrected chi connectivity index (χ0v) is 11.8. The third-order valence-corrected chi connectivity index (χ3v) is 3.90. The molecule has 7 nitrogen and oxygen atoms in total. The zero-order valence-electron chi connectivity index (χ0n) is 11.8. The highest BCUT2D eigenvalue weighted by Crippen LogP contribution is 2.35. The van der Waals surface area contributed by atoms with Gasteiger partial charge in [0.15, 0.2) is 0 Å². The van der Waals surface area contributed by atoms with Crippen LogP contribution in [0.5, 0.6) is 0 Å². The number of aryl methyl sites for hydroxylation is 1. The second-order valence-corrected chi connectivity index (χ2v) is 5.30. The molecule has 1 aliphatic rings. The highest BCUT2D eigenvalue weighted by Gasteiger charge is 2.27. The van der Waals surface area contributed by atoms with Crippen molar-refractivity contribution in [2.75, 3.05) is 0 Å². The van der Waals surface area contributed by atoms with Gasteiger partial charge in [-0.2, -0.15) is 10.2 Å². The van der Waals surface area contributed by atoms with Gasteiger partial charge in [0.1, 0.15) is 0 Å². The summed E-state index contributed by atoms with van der Waals surface area (Å²) >= 11 is 0. The van der Waals surface area contributed by atoms with Crippen molar-refractivity contribution in [3.8, 4) is 16.9 Å². The van der Waals surface area contributed by atoms with Gasteiger partial charge in [0, 0.05) is 23.0 Å². The van der Waals surface area contributed by atoms with E-state index in [9.17, 15) is 4.79 Å². The molecule has 0 fully saturated rings. The lowest BCUT2D eigenvalue weighted by molar-refractivity contribution is -0.117. The zero-order chi connectivity index (χ0) is 15.1. The molecule has 0 aliphatic heterocycles. The first kappa shape index (κ1) is 12.8. The van der Waals surface area contributed by atoms with Crippen molar-refractivity contribution in [3.63, 3.8) is 0 Å². The highest BCUT2D eigenvalue weighted by molar-refractivity contribution is 5.79. The Labute approximate surface area is 126 Å². The molecule has 3 heterocycles. The third-order valence-electron chi connectivity index (χ3n) is 3.90. The van der Waals surface area contributed by atoms with Crippen molar-refractivity contribution in [1.82, 2.24) is 25.0 Å². The Morgan fingerprint density at radius 3 is 3.05 bits per heavy atom. The van der Waals surface area contributed by atoms with Gasteiger partial charge in [-0.3, -0.25) is 14.9 Å². The summed E-state index contributed by atoms with van der Waals surface area (Å²) in [5.41, 5.74) is 11.1. The van der Waals surface area contributed by atoms with E-state index in [1.165, 1.54) is 0 Å². The first-order valence-corrected chi connectivity index (χ1v) is 7.06. The number of fused-ring (bicyclic) bond motifs is 3. The average molecular weight is 294 g/mol. The number of hydrogen-bond donors (Lipinski definition) is 2. The Hall–Kier alpha value is -2.96. The number of hydrogen-bond acceptors (Lipinski definition) is 4. The Morgan fingerprint density at radius 2 is 2.27 bits per heavy atom. The predicted octanol–water partition coefficient (Wildman–Crippen LogP) is 0.784. The van der Waals surface area contributed by atoms with Gasteiger partial charge < -0.3 is 5.73 Å². The molecule has 3 aromatic rings. The van der Waals surface area contributed by atoms with E-state index in [1.54, 1.807) is 18.6 Å². The first-order chi connectivity index (χ1) is 10.7. The molecule has 3 aromatic heterocycles. The minimum absolute atomic E-state index is 0.142. The first-order valence-electron chi connectivity index (χ1n) is 7.06. The number of primary amides is 1. The molecule has 0 spiro atoms. The van der Waals surface area contributed by atoms with Crippen molar-refractivity contribution in [3.05, 3.63) is 47.7 Å². The summed E-state index contributed by atoms with van der Waals surface area (Å²) in [5.74, 6) is -0.378. The van der Waals surface area contributed by atoms with E-state index < -0.39 is 0 Å². The van der Waals surface area contributed by atoms with Crippen molar-refractivity contribution in [2.45, 2.75) is 19.3 Å². The monoisotopic (exact) mass is 294 g/mol. The number of nitrogens with two attached hydrogens (primary N) is 1. The summed E-state index contributed by atoms with van der Waals surface area (Å²) in [4.78, 5) is 15.5. The molecule has 7 heteroatoms. The van der Waals surface area contributed by atoms with Crippen LogP contribution in [0.3, 0.4) is 0 Å². The van der Waals surface area contributed by atoms with Crippen LogP contribution < -0.4 is 5.73 Å². The summed E-state index contributed by atoms with van der Waals surface area (Å²) in [6.45, 7) is 0. The van der Waals surface area contributed by atoms with E-state index >= 15 is 0 Å². The lowest BCUT2D eigenvalue weighted by Gasteiger charge is -2.14. The largest absolute Gasteiger partial charge is 0.369 e. The van der Waals surface area contributed by atoms with Gasteiger partial charge in [-0.05, 0) is 25.0 Å². The van der Waals surface area contributed by atoms with Gasteiger partial charge in [-0.15, -0.1) is 0 Å². The van der Waals surface area contributed by atoms with Crippen molar-refractivity contribution < 1.29 is 4.79 Å². The van der Waals surface area contributed by atoms with Crippen molar-refractivity contribution >= 4 is 5.91 Å². The van der Waals surface area contributed by atoms with E-state index in [2.05, 4.69) is 20.3 Å². The molecule has 0 unspecified atom stereocenters. The highest BCUT2D eigenvalue weighted by atomic mass is 16.1. The summed E-state index contributed by atoms with van der Waals surface area (Å²) in [6, 6.07) is 3.79. The fraction of sp³-hybridized carbons (Fsp3) is 0.200. The third kappa shape index (κ3) is 1.90. The number of aromatic amines is 1. The maximum absolute atomic E-state index is 11.3. The van der Waals surface area contributed by atoms with Gasteiger partial charge in [-0.25, -0.2) is 4.68 Å². The molecule has 0 aromatic carbocycles. The number of rotatable bonds is 3. The number of H-pyrrole nitrogens is 1. The number of nitrogens with zero attached hydrogens (tertiary/aromatic N) is 4. The molecule has 4 rings (SSSR count). The fourth-order valence-corrected chi connectivity index (χ4v) is 2.97. The summed E-state index contributed by atoms with van der Waals surface area (Å²) in [5, 5.41) is 11.8. The van der Waals surface area contributed by atoms with E-state index in [-0.39, 0.29) is 12.3 Å². The van der Waals surface area contributed by atoms with Crippen LogP contribution in [0.25, 0.3) is 16.9 Å². The normalized spacial score (nSPS) is 12.7. The van der Waals surface area contributed by atoms with Gasteiger partial charge in [0.2, 0.25) is 5.91 Å². The molecule has 0 saturated carbocycles. The quantitative estimate of drug-likeness (QED) is 0.745. The van der Waals surface area contributed by atoms with Crippen LogP contribution in [0.4, 0.5) is 0 Å². The molecular weight excluding hydrogens is 280 g/mol. The molecule has 3 N–H and O–H groups in total. The fourth-order valence-electron chi connectivity index (χ4n) is 2.97. The number of carbonyl (C=O) groups excluding carboxylic acids is 1. The van der Waals surface area contributed by atoms with Crippen LogP contribution in [-0.2, 0) is 24.1 Å². The summed E-state index contributed by atoms with van der Waals surface area (Å²) < 4.78 is 1.83. The number of pyridine rings is 1. The van der Waals surface area contributed by atoms with E-state index in [0.717, 1.165) is 46.7 Å². The van der Waals surface area contributed by atoms with Gasteiger partial charge in [0.25, 0.3) is 0 Å². The van der Waals surface area contributed by atoms with Gasteiger partial charge in [0.05, 0.1) is 35.9 Å². The molecular formula is C15H14N6O. The molecule has 0 atom stereocenters. The standard InChI is InChI=1S/C15H14N6O/c16-14(22)6-13-10-3-4-12-11(8-18-19-12)15(10)21(20-13)9-2-1-5-17-7-9/h1-2,5,7-8H,3-4,6H2,(H2,16,22)(H,18,19). The number of nitrogens with one attached hydrogen (secondary N) is 1. The lowest BCUT2D eigenvalue weighted by Crippen LogP contribution is -2.15. The molecule has 22 heavy (non-hydrogen) atoms. The molecule has 1 amide bonds. The Kier molecular flexibility index (Phi) is 2.78. The number of carbonyl (C=O) groups is 1. The second kappa shape index (κ2) is 4.80. The SMILES string of the molecule is NC(=O)Cc1nn(-c2cccnc2)c2c1CCc1[nH]ncc1-2. The summed E-state index contributed by atoms with van der Waals surface area (Å²) in [6.07, 6.45) is 7.07. The Bertz CT molecular complexity index is 848. The van der Waals surface area contributed by atoms with E-state index in [4.69, 9.17) is 5.73 Å². The molecule has 0 saturated heterocycles. The van der Waals surface area contributed by atoms with Crippen LogP contribution in [0.1, 0.15) is 17.0 Å². The van der Waals surface area contributed by atoms with E-state index in [1.807, 2.05) is 16.8 Å².